The van der Waals surface area contributed by atoms with Gasteiger partial charge in [-0.3, -0.25) is 4.79 Å². The van der Waals surface area contributed by atoms with E-state index in [-0.39, 0.29) is 11.9 Å². The van der Waals surface area contributed by atoms with E-state index in [0.29, 0.717) is 24.1 Å². The lowest BCUT2D eigenvalue weighted by molar-refractivity contribution is -0.121. The van der Waals surface area contributed by atoms with Crippen molar-refractivity contribution in [2.24, 2.45) is 0 Å². The van der Waals surface area contributed by atoms with Crippen molar-refractivity contribution in [1.82, 2.24) is 19.9 Å². The minimum absolute atomic E-state index is 0.0602. The molecule has 3 aromatic heterocycles. The molecule has 0 spiro atoms. The molecule has 1 atom stereocenters. The third kappa shape index (κ3) is 3.45. The molecule has 0 aliphatic rings. The smallest absolute Gasteiger partial charge is 0.220 e. The number of hydrogen-bond acceptors (Lipinski definition) is 5. The summed E-state index contributed by atoms with van der Waals surface area (Å²) in [6.07, 6.45) is 2.38. The maximum Gasteiger partial charge on any atom is 0.220 e. The summed E-state index contributed by atoms with van der Waals surface area (Å²) in [7, 11) is 0. The van der Waals surface area contributed by atoms with Crippen LogP contribution < -0.4 is 5.32 Å². The van der Waals surface area contributed by atoms with Gasteiger partial charge < -0.3 is 9.73 Å². The summed E-state index contributed by atoms with van der Waals surface area (Å²) in [6, 6.07) is 11.6. The number of amides is 1. The second kappa shape index (κ2) is 7.40. The Morgan fingerprint density at radius 3 is 2.90 bits per heavy atom. The largest absolute Gasteiger partial charge is 0.459 e. The fourth-order valence-electron chi connectivity index (χ4n) is 3.59. The number of aromatic nitrogens is 3. The fourth-order valence-corrected chi connectivity index (χ4v) is 3.59. The minimum atomic E-state index is -0.220. The monoisotopic (exact) mass is 387 g/mol. The number of carbonyl (C=O) groups excluding carboxylic acids is 1. The molecule has 3 heterocycles. The van der Waals surface area contributed by atoms with E-state index in [9.17, 15) is 10.1 Å². The van der Waals surface area contributed by atoms with E-state index >= 15 is 0 Å². The highest BCUT2D eigenvalue weighted by Crippen LogP contribution is 2.24. The Kier molecular flexibility index (Phi) is 4.77. The van der Waals surface area contributed by atoms with Crippen LogP contribution in [0.3, 0.4) is 0 Å². The highest BCUT2D eigenvalue weighted by atomic mass is 16.3. The van der Waals surface area contributed by atoms with E-state index in [1.54, 1.807) is 4.52 Å². The van der Waals surface area contributed by atoms with Crippen molar-refractivity contribution >= 4 is 22.5 Å². The molecular weight excluding hydrogens is 366 g/mol. The lowest BCUT2D eigenvalue weighted by Crippen LogP contribution is -2.26. The first-order valence-electron chi connectivity index (χ1n) is 9.49. The van der Waals surface area contributed by atoms with E-state index in [1.807, 2.05) is 51.1 Å². The molecule has 0 aliphatic heterocycles. The third-order valence-electron chi connectivity index (χ3n) is 5.18. The average Bonchev–Trinajstić information content (AvgIpc) is 3.31. The summed E-state index contributed by atoms with van der Waals surface area (Å²) in [5.41, 5.74) is 4.48. The SMILES string of the molecule is Cc1nc2c(C#N)cnn2c(C)c1CCC(=O)N[C@H](C)c1cc2ccccc2o1. The van der Waals surface area contributed by atoms with Gasteiger partial charge in [-0.05, 0) is 44.9 Å². The van der Waals surface area contributed by atoms with Crippen molar-refractivity contribution in [2.45, 2.75) is 39.7 Å². The summed E-state index contributed by atoms with van der Waals surface area (Å²) in [5.74, 6) is 0.672. The molecule has 4 aromatic rings. The fraction of sp³-hybridized carbons (Fsp3) is 0.273. The maximum atomic E-state index is 12.5. The molecule has 0 fully saturated rings. The van der Waals surface area contributed by atoms with Gasteiger partial charge in [0.25, 0.3) is 0 Å². The summed E-state index contributed by atoms with van der Waals surface area (Å²) in [6.45, 7) is 5.73. The first-order chi connectivity index (χ1) is 14.0. The second-order valence-electron chi connectivity index (χ2n) is 7.14. The van der Waals surface area contributed by atoms with Gasteiger partial charge in [0.1, 0.15) is 23.0 Å². The zero-order valence-corrected chi connectivity index (χ0v) is 16.6. The molecule has 0 saturated carbocycles. The number of carbonyl (C=O) groups is 1. The van der Waals surface area contributed by atoms with Crippen LogP contribution in [0.15, 0.2) is 40.9 Å². The van der Waals surface area contributed by atoms with Gasteiger partial charge in [-0.15, -0.1) is 0 Å². The first kappa shape index (κ1) is 18.7. The summed E-state index contributed by atoms with van der Waals surface area (Å²) < 4.78 is 7.49. The average molecular weight is 387 g/mol. The molecule has 0 saturated heterocycles. The number of rotatable bonds is 5. The van der Waals surface area contributed by atoms with E-state index < -0.39 is 0 Å². The molecule has 0 radical (unpaired) electrons. The molecule has 0 unspecified atom stereocenters. The maximum absolute atomic E-state index is 12.5. The number of aryl methyl sites for hydroxylation is 2. The van der Waals surface area contributed by atoms with Gasteiger partial charge in [0.15, 0.2) is 5.65 Å². The Morgan fingerprint density at radius 1 is 1.34 bits per heavy atom. The van der Waals surface area contributed by atoms with E-state index in [1.165, 1.54) is 6.20 Å². The van der Waals surface area contributed by atoms with Crippen LogP contribution in [0.1, 0.15) is 47.7 Å². The van der Waals surface area contributed by atoms with Crippen molar-refractivity contribution in [3.63, 3.8) is 0 Å². The number of para-hydroxylation sites is 1. The standard InChI is InChI=1S/C22H21N5O2/c1-13-18(15(3)27-22(26-13)17(11-23)12-24-27)8-9-21(28)25-14(2)20-10-16-6-4-5-7-19(16)29-20/h4-7,10,12,14H,8-9H2,1-3H3,(H,25,28)/t14-/m1/s1. The predicted octanol–water partition coefficient (Wildman–Crippen LogP) is 3.77. The van der Waals surface area contributed by atoms with Gasteiger partial charge in [-0.1, -0.05) is 18.2 Å². The summed E-state index contributed by atoms with van der Waals surface area (Å²) >= 11 is 0. The molecule has 7 nitrogen and oxygen atoms in total. The quantitative estimate of drug-likeness (QED) is 0.562. The Bertz CT molecular complexity index is 1230. The van der Waals surface area contributed by atoms with Gasteiger partial charge in [0.05, 0.1) is 12.2 Å². The molecule has 1 N–H and O–H groups in total. The van der Waals surface area contributed by atoms with Crippen LogP contribution in [0.4, 0.5) is 0 Å². The number of hydrogen-bond donors (Lipinski definition) is 1. The van der Waals surface area contributed by atoms with Gasteiger partial charge in [-0.2, -0.15) is 10.4 Å². The predicted molar refractivity (Wildman–Crippen MR) is 108 cm³/mol. The zero-order chi connectivity index (χ0) is 20.5. The van der Waals surface area contributed by atoms with E-state index in [4.69, 9.17) is 4.42 Å². The van der Waals surface area contributed by atoms with Crippen molar-refractivity contribution in [2.75, 3.05) is 0 Å². The van der Waals surface area contributed by atoms with Crippen LogP contribution in [0.5, 0.6) is 0 Å². The van der Waals surface area contributed by atoms with Crippen LogP contribution in [0.2, 0.25) is 0 Å². The van der Waals surface area contributed by atoms with Crippen molar-refractivity contribution in [3.05, 3.63) is 64.8 Å². The first-order valence-corrected chi connectivity index (χ1v) is 9.49. The topological polar surface area (TPSA) is 96.2 Å². The lowest BCUT2D eigenvalue weighted by Gasteiger charge is -2.13. The Labute approximate surface area is 168 Å². The Morgan fingerprint density at radius 2 is 2.14 bits per heavy atom. The van der Waals surface area contributed by atoms with Crippen molar-refractivity contribution < 1.29 is 9.21 Å². The minimum Gasteiger partial charge on any atom is -0.459 e. The molecule has 29 heavy (non-hydrogen) atoms. The lowest BCUT2D eigenvalue weighted by atomic mass is 10.1. The van der Waals surface area contributed by atoms with Gasteiger partial charge >= 0.3 is 0 Å². The molecule has 7 heteroatoms. The molecular formula is C22H21N5O2. The third-order valence-corrected chi connectivity index (χ3v) is 5.18. The Balaban J connectivity index is 1.46. The second-order valence-corrected chi connectivity index (χ2v) is 7.14. The van der Waals surface area contributed by atoms with Crippen molar-refractivity contribution in [3.8, 4) is 6.07 Å². The number of nitrogens with zero attached hydrogens (tertiary/aromatic N) is 4. The Hall–Kier alpha value is -3.66. The highest BCUT2D eigenvalue weighted by molar-refractivity contribution is 5.79. The van der Waals surface area contributed by atoms with Crippen LogP contribution in [-0.2, 0) is 11.2 Å². The molecule has 146 valence electrons. The molecule has 0 bridgehead atoms. The van der Waals surface area contributed by atoms with Gasteiger partial charge in [-0.25, -0.2) is 9.50 Å². The molecule has 4 rings (SSSR count). The summed E-state index contributed by atoms with van der Waals surface area (Å²) in [4.78, 5) is 17.0. The molecule has 1 amide bonds. The number of furan rings is 1. The van der Waals surface area contributed by atoms with Crippen molar-refractivity contribution in [1.29, 1.82) is 5.26 Å². The number of nitrogens with one attached hydrogen (secondary N) is 1. The van der Waals surface area contributed by atoms with Crippen LogP contribution >= 0.6 is 0 Å². The van der Waals surface area contributed by atoms with Crippen LogP contribution in [0.25, 0.3) is 16.6 Å². The van der Waals surface area contributed by atoms with E-state index in [0.717, 1.165) is 33.7 Å². The van der Waals surface area contributed by atoms with Gasteiger partial charge in [0, 0.05) is 23.2 Å². The normalized spacial score (nSPS) is 12.2. The zero-order valence-electron chi connectivity index (χ0n) is 16.6. The molecule has 0 aliphatic carbocycles. The summed E-state index contributed by atoms with van der Waals surface area (Å²) in [5, 5.41) is 17.4. The van der Waals surface area contributed by atoms with Crippen LogP contribution in [-0.4, -0.2) is 20.5 Å². The van der Waals surface area contributed by atoms with E-state index in [2.05, 4.69) is 21.5 Å². The van der Waals surface area contributed by atoms with Gasteiger partial charge in [0.2, 0.25) is 5.91 Å². The number of nitriles is 1. The highest BCUT2D eigenvalue weighted by Gasteiger charge is 2.17. The van der Waals surface area contributed by atoms with Crippen LogP contribution in [0, 0.1) is 25.2 Å². The number of fused-ring (bicyclic) bond motifs is 2. The molecule has 1 aromatic carbocycles. The number of benzene rings is 1.